The molecule has 1 aromatic carbocycles. The van der Waals surface area contributed by atoms with Gasteiger partial charge < -0.3 is 10.1 Å². The normalized spacial score (nSPS) is 23.3. The third kappa shape index (κ3) is 4.92. The van der Waals surface area contributed by atoms with Gasteiger partial charge >= 0.3 is 0 Å². The van der Waals surface area contributed by atoms with E-state index in [1.54, 1.807) is 22.5 Å². The molecule has 1 amide bonds. The average Bonchev–Trinajstić information content (AvgIpc) is 2.72. The molecule has 0 radical (unpaired) electrons. The number of piperidine rings is 1. The Labute approximate surface area is 168 Å². The van der Waals surface area contributed by atoms with E-state index in [0.717, 1.165) is 32.4 Å². The number of amides is 1. The lowest BCUT2D eigenvalue weighted by Crippen LogP contribution is -2.47. The van der Waals surface area contributed by atoms with E-state index in [0.29, 0.717) is 31.9 Å². The van der Waals surface area contributed by atoms with Crippen molar-refractivity contribution in [2.45, 2.75) is 50.1 Å². The molecule has 0 spiro atoms. The minimum atomic E-state index is -3.58. The van der Waals surface area contributed by atoms with Gasteiger partial charge in [0.25, 0.3) is 5.91 Å². The van der Waals surface area contributed by atoms with Crippen molar-refractivity contribution in [3.63, 3.8) is 0 Å². The molecule has 0 aliphatic carbocycles. The Bertz CT molecular complexity index is 777. The lowest BCUT2D eigenvalue weighted by atomic mass is 10.1. The SMILES string of the molecule is CC(CNC(=O)c1cccc(S(=O)(=O)N2CCCCC2C)c1)N1CCOCC1. The zero-order chi connectivity index (χ0) is 20.1. The number of hydrogen-bond acceptors (Lipinski definition) is 5. The summed E-state index contributed by atoms with van der Waals surface area (Å²) in [5.74, 6) is -0.246. The number of hydrogen-bond donors (Lipinski definition) is 1. The van der Waals surface area contributed by atoms with Crippen LogP contribution in [0.4, 0.5) is 0 Å². The molecule has 2 aliphatic rings. The van der Waals surface area contributed by atoms with Crippen LogP contribution in [0.1, 0.15) is 43.5 Å². The number of morpholine rings is 1. The molecule has 7 nitrogen and oxygen atoms in total. The zero-order valence-electron chi connectivity index (χ0n) is 16.8. The van der Waals surface area contributed by atoms with E-state index in [9.17, 15) is 13.2 Å². The van der Waals surface area contributed by atoms with Crippen molar-refractivity contribution < 1.29 is 17.9 Å². The number of benzene rings is 1. The van der Waals surface area contributed by atoms with E-state index < -0.39 is 10.0 Å². The van der Waals surface area contributed by atoms with Crippen LogP contribution in [0.3, 0.4) is 0 Å². The molecule has 0 saturated carbocycles. The van der Waals surface area contributed by atoms with E-state index in [4.69, 9.17) is 4.74 Å². The highest BCUT2D eigenvalue weighted by Crippen LogP contribution is 2.25. The van der Waals surface area contributed by atoms with Crippen LogP contribution in [-0.4, -0.2) is 75.0 Å². The molecule has 2 fully saturated rings. The quantitative estimate of drug-likeness (QED) is 0.774. The number of carbonyl (C=O) groups excluding carboxylic acids is 1. The summed E-state index contributed by atoms with van der Waals surface area (Å²) < 4.78 is 33.0. The van der Waals surface area contributed by atoms with E-state index in [1.165, 1.54) is 6.07 Å². The Hall–Kier alpha value is -1.48. The standard InChI is InChI=1S/C20H31N3O4S/c1-16-6-3-4-9-23(16)28(25,26)19-8-5-7-18(14-19)20(24)21-15-17(2)22-10-12-27-13-11-22/h5,7-8,14,16-17H,3-4,6,9-13,15H2,1-2H3,(H,21,24). The highest BCUT2D eigenvalue weighted by molar-refractivity contribution is 7.89. The highest BCUT2D eigenvalue weighted by atomic mass is 32.2. The van der Waals surface area contributed by atoms with Gasteiger partial charge in [-0.05, 0) is 44.9 Å². The summed E-state index contributed by atoms with van der Waals surface area (Å²) in [7, 11) is -3.58. The number of rotatable bonds is 6. The van der Waals surface area contributed by atoms with Crippen molar-refractivity contribution in [3.05, 3.63) is 29.8 Å². The largest absolute Gasteiger partial charge is 0.379 e. The highest BCUT2D eigenvalue weighted by Gasteiger charge is 2.31. The Kier molecular flexibility index (Phi) is 7.09. The monoisotopic (exact) mass is 409 g/mol. The molecule has 0 bridgehead atoms. The first kappa shape index (κ1) is 21.2. The minimum Gasteiger partial charge on any atom is -0.379 e. The molecule has 2 saturated heterocycles. The van der Waals surface area contributed by atoms with Gasteiger partial charge in [-0.15, -0.1) is 0 Å². The van der Waals surface area contributed by atoms with Crippen LogP contribution in [0.15, 0.2) is 29.2 Å². The van der Waals surface area contributed by atoms with E-state index in [-0.39, 0.29) is 22.9 Å². The zero-order valence-corrected chi connectivity index (χ0v) is 17.6. The molecule has 8 heteroatoms. The lowest BCUT2D eigenvalue weighted by molar-refractivity contribution is 0.0204. The first-order valence-corrected chi connectivity index (χ1v) is 11.6. The Balaban J connectivity index is 1.65. The third-order valence-corrected chi connectivity index (χ3v) is 7.68. The van der Waals surface area contributed by atoms with Crippen LogP contribution in [-0.2, 0) is 14.8 Å². The van der Waals surface area contributed by atoms with Gasteiger partial charge in [0, 0.05) is 43.8 Å². The summed E-state index contributed by atoms with van der Waals surface area (Å²) in [6.07, 6.45) is 2.80. The summed E-state index contributed by atoms with van der Waals surface area (Å²) in [5, 5.41) is 2.93. The molecular weight excluding hydrogens is 378 g/mol. The fourth-order valence-corrected chi connectivity index (χ4v) is 5.60. The van der Waals surface area contributed by atoms with Gasteiger partial charge in [-0.25, -0.2) is 8.42 Å². The molecule has 2 heterocycles. The second-order valence-corrected chi connectivity index (χ2v) is 9.59. The van der Waals surface area contributed by atoms with E-state index >= 15 is 0 Å². The van der Waals surface area contributed by atoms with Gasteiger partial charge in [0.05, 0.1) is 18.1 Å². The maximum Gasteiger partial charge on any atom is 0.251 e. The number of nitrogens with one attached hydrogen (secondary N) is 1. The fourth-order valence-electron chi connectivity index (χ4n) is 3.85. The van der Waals surface area contributed by atoms with Gasteiger partial charge in [0.1, 0.15) is 0 Å². The van der Waals surface area contributed by atoms with Crippen LogP contribution >= 0.6 is 0 Å². The molecule has 28 heavy (non-hydrogen) atoms. The predicted molar refractivity (Wildman–Crippen MR) is 108 cm³/mol. The van der Waals surface area contributed by atoms with Gasteiger partial charge in [0.2, 0.25) is 10.0 Å². The number of sulfonamides is 1. The maximum atomic E-state index is 13.0. The number of nitrogens with zero attached hydrogens (tertiary/aromatic N) is 2. The molecular formula is C20H31N3O4S. The first-order chi connectivity index (χ1) is 13.4. The molecule has 1 aromatic rings. The van der Waals surface area contributed by atoms with Crippen molar-refractivity contribution in [1.29, 1.82) is 0 Å². The Morgan fingerprint density at radius 1 is 1.25 bits per heavy atom. The van der Waals surface area contributed by atoms with E-state index in [1.807, 2.05) is 6.92 Å². The fraction of sp³-hybridized carbons (Fsp3) is 0.650. The van der Waals surface area contributed by atoms with Crippen molar-refractivity contribution in [3.8, 4) is 0 Å². The molecule has 156 valence electrons. The molecule has 1 N–H and O–H groups in total. The summed E-state index contributed by atoms with van der Waals surface area (Å²) in [6.45, 7) is 8.22. The molecule has 0 aromatic heterocycles. The second-order valence-electron chi connectivity index (χ2n) is 7.70. The average molecular weight is 410 g/mol. The molecule has 3 rings (SSSR count). The summed E-state index contributed by atoms with van der Waals surface area (Å²) >= 11 is 0. The third-order valence-electron chi connectivity index (χ3n) is 5.67. The van der Waals surface area contributed by atoms with Gasteiger partial charge in [0.15, 0.2) is 0 Å². The van der Waals surface area contributed by atoms with Crippen molar-refractivity contribution in [1.82, 2.24) is 14.5 Å². The van der Waals surface area contributed by atoms with Gasteiger partial charge in [-0.1, -0.05) is 12.5 Å². The smallest absolute Gasteiger partial charge is 0.251 e. The molecule has 2 atom stereocenters. The van der Waals surface area contributed by atoms with Crippen molar-refractivity contribution in [2.75, 3.05) is 39.4 Å². The van der Waals surface area contributed by atoms with Crippen LogP contribution in [0.25, 0.3) is 0 Å². The second kappa shape index (κ2) is 9.35. The first-order valence-electron chi connectivity index (χ1n) is 10.1. The van der Waals surface area contributed by atoms with Crippen molar-refractivity contribution >= 4 is 15.9 Å². The predicted octanol–water partition coefficient (Wildman–Crippen LogP) is 1.70. The van der Waals surface area contributed by atoms with Gasteiger partial charge in [-0.2, -0.15) is 4.31 Å². The van der Waals surface area contributed by atoms with Gasteiger partial charge in [-0.3, -0.25) is 9.69 Å². The minimum absolute atomic E-state index is 0.00870. The Morgan fingerprint density at radius 3 is 2.71 bits per heavy atom. The lowest BCUT2D eigenvalue weighted by Gasteiger charge is -2.32. The van der Waals surface area contributed by atoms with Crippen LogP contribution in [0.5, 0.6) is 0 Å². The van der Waals surface area contributed by atoms with E-state index in [2.05, 4.69) is 17.1 Å². The van der Waals surface area contributed by atoms with Crippen LogP contribution in [0.2, 0.25) is 0 Å². The summed E-state index contributed by atoms with van der Waals surface area (Å²) in [4.78, 5) is 15.1. The number of carbonyl (C=O) groups is 1. The summed E-state index contributed by atoms with van der Waals surface area (Å²) in [6, 6.07) is 6.56. The number of ether oxygens (including phenoxy) is 1. The molecule has 2 aliphatic heterocycles. The summed E-state index contributed by atoms with van der Waals surface area (Å²) in [5.41, 5.74) is 0.375. The molecule has 2 unspecified atom stereocenters. The Morgan fingerprint density at radius 2 is 2.00 bits per heavy atom. The van der Waals surface area contributed by atoms with Crippen LogP contribution in [0, 0.1) is 0 Å². The van der Waals surface area contributed by atoms with Crippen LogP contribution < -0.4 is 5.32 Å². The topological polar surface area (TPSA) is 79.0 Å². The van der Waals surface area contributed by atoms with Crippen molar-refractivity contribution in [2.24, 2.45) is 0 Å². The maximum absolute atomic E-state index is 13.0.